The number of halogens is 2. The molecular weight excluding hydrogens is 431 g/mol. The SMILES string of the molecule is CNCCCCS(=O)(=O)Nc1ccc(Br)c(I)c1. The summed E-state index contributed by atoms with van der Waals surface area (Å²) in [5, 5.41) is 3.00. The second-order valence-corrected chi connectivity index (χ2v) is 7.72. The van der Waals surface area contributed by atoms with Gasteiger partial charge in [0.15, 0.2) is 0 Å². The third kappa shape index (κ3) is 5.85. The third-order valence-corrected chi connectivity index (χ3v) is 5.98. The zero-order chi connectivity index (χ0) is 13.6. The van der Waals surface area contributed by atoms with Crippen molar-refractivity contribution in [3.63, 3.8) is 0 Å². The summed E-state index contributed by atoms with van der Waals surface area (Å²) in [7, 11) is -1.38. The zero-order valence-corrected chi connectivity index (χ0v) is 14.6. The number of hydrogen-bond acceptors (Lipinski definition) is 3. The minimum Gasteiger partial charge on any atom is -0.320 e. The van der Waals surface area contributed by atoms with Gasteiger partial charge in [-0.15, -0.1) is 0 Å². The molecular formula is C11H16BrIN2O2S. The van der Waals surface area contributed by atoms with Crippen LogP contribution in [0.2, 0.25) is 0 Å². The highest BCUT2D eigenvalue weighted by atomic mass is 127. The van der Waals surface area contributed by atoms with Gasteiger partial charge < -0.3 is 5.32 Å². The number of benzene rings is 1. The van der Waals surface area contributed by atoms with Gasteiger partial charge in [0.05, 0.1) is 5.75 Å². The molecule has 0 saturated carbocycles. The molecule has 0 aliphatic heterocycles. The lowest BCUT2D eigenvalue weighted by molar-refractivity contribution is 0.595. The van der Waals surface area contributed by atoms with Gasteiger partial charge in [0.25, 0.3) is 0 Å². The molecule has 2 N–H and O–H groups in total. The van der Waals surface area contributed by atoms with Crippen molar-refractivity contribution < 1.29 is 8.42 Å². The Morgan fingerprint density at radius 2 is 2.06 bits per heavy atom. The fourth-order valence-electron chi connectivity index (χ4n) is 1.38. The highest BCUT2D eigenvalue weighted by molar-refractivity contribution is 14.1. The van der Waals surface area contributed by atoms with Gasteiger partial charge in [0.2, 0.25) is 10.0 Å². The number of anilines is 1. The second kappa shape index (κ2) is 7.66. The average molecular weight is 447 g/mol. The van der Waals surface area contributed by atoms with Crippen molar-refractivity contribution in [1.29, 1.82) is 0 Å². The molecule has 1 aromatic carbocycles. The molecule has 4 nitrogen and oxygen atoms in total. The number of unbranched alkanes of at least 4 members (excludes halogenated alkanes) is 1. The summed E-state index contributed by atoms with van der Waals surface area (Å²) >= 11 is 5.53. The topological polar surface area (TPSA) is 58.2 Å². The molecule has 1 rings (SSSR count). The standard InChI is InChI=1S/C11H16BrIN2O2S/c1-14-6-2-3-7-18(16,17)15-9-4-5-10(12)11(13)8-9/h4-5,8,14-15H,2-3,6-7H2,1H3. The minimum atomic E-state index is -3.24. The van der Waals surface area contributed by atoms with Crippen LogP contribution in [0.15, 0.2) is 22.7 Å². The van der Waals surface area contributed by atoms with Gasteiger partial charge in [-0.1, -0.05) is 0 Å². The van der Waals surface area contributed by atoms with E-state index in [1.165, 1.54) is 0 Å². The highest BCUT2D eigenvalue weighted by Gasteiger charge is 2.10. The van der Waals surface area contributed by atoms with Crippen LogP contribution >= 0.6 is 38.5 Å². The molecule has 0 aliphatic carbocycles. The fourth-order valence-corrected chi connectivity index (χ4v) is 3.32. The molecule has 0 unspecified atom stereocenters. The first kappa shape index (κ1) is 16.2. The van der Waals surface area contributed by atoms with Crippen LogP contribution in [0.3, 0.4) is 0 Å². The van der Waals surface area contributed by atoms with E-state index in [0.29, 0.717) is 12.1 Å². The lowest BCUT2D eigenvalue weighted by Gasteiger charge is -2.08. The van der Waals surface area contributed by atoms with E-state index in [1.54, 1.807) is 12.1 Å². The smallest absolute Gasteiger partial charge is 0.232 e. The van der Waals surface area contributed by atoms with Gasteiger partial charge in [-0.2, -0.15) is 0 Å². The molecule has 0 atom stereocenters. The quantitative estimate of drug-likeness (QED) is 0.500. The van der Waals surface area contributed by atoms with Crippen LogP contribution in [-0.2, 0) is 10.0 Å². The minimum absolute atomic E-state index is 0.154. The van der Waals surface area contributed by atoms with Crippen LogP contribution in [0.5, 0.6) is 0 Å². The van der Waals surface area contributed by atoms with Gasteiger partial charge in [-0.25, -0.2) is 8.42 Å². The maximum atomic E-state index is 11.8. The van der Waals surface area contributed by atoms with E-state index >= 15 is 0 Å². The van der Waals surface area contributed by atoms with E-state index in [1.807, 2.05) is 13.1 Å². The van der Waals surface area contributed by atoms with Crippen molar-refractivity contribution in [3.8, 4) is 0 Å². The first-order valence-electron chi connectivity index (χ1n) is 5.55. The Bertz CT molecular complexity index is 494. The molecule has 0 fully saturated rings. The molecule has 0 amide bonds. The van der Waals surface area contributed by atoms with Gasteiger partial charge in [-0.05, 0) is 83.2 Å². The number of sulfonamides is 1. The van der Waals surface area contributed by atoms with Crippen LogP contribution in [-0.4, -0.2) is 27.8 Å². The molecule has 0 saturated heterocycles. The van der Waals surface area contributed by atoms with Crippen LogP contribution in [0, 0.1) is 3.57 Å². The molecule has 0 spiro atoms. The van der Waals surface area contributed by atoms with Crippen LogP contribution in [0.4, 0.5) is 5.69 Å². The summed E-state index contributed by atoms with van der Waals surface area (Å²) in [6, 6.07) is 5.38. The van der Waals surface area contributed by atoms with Gasteiger partial charge >= 0.3 is 0 Å². The second-order valence-electron chi connectivity index (χ2n) is 3.86. The molecule has 1 aromatic rings. The zero-order valence-electron chi connectivity index (χ0n) is 10.0. The predicted octanol–water partition coefficient (Wildman–Crippen LogP) is 2.80. The van der Waals surface area contributed by atoms with Crippen molar-refractivity contribution in [2.24, 2.45) is 0 Å². The van der Waals surface area contributed by atoms with E-state index in [4.69, 9.17) is 0 Å². The maximum Gasteiger partial charge on any atom is 0.232 e. The Balaban J connectivity index is 2.56. The molecule has 7 heteroatoms. The van der Waals surface area contributed by atoms with Crippen LogP contribution in [0.1, 0.15) is 12.8 Å². The van der Waals surface area contributed by atoms with E-state index in [-0.39, 0.29) is 5.75 Å². The van der Waals surface area contributed by atoms with Gasteiger partial charge in [-0.3, -0.25) is 4.72 Å². The van der Waals surface area contributed by atoms with E-state index in [9.17, 15) is 8.42 Å². The molecule has 0 aromatic heterocycles. The van der Waals surface area contributed by atoms with E-state index < -0.39 is 10.0 Å². The highest BCUT2D eigenvalue weighted by Crippen LogP contribution is 2.23. The Hall–Kier alpha value is 0.140. The number of hydrogen-bond donors (Lipinski definition) is 2. The van der Waals surface area contributed by atoms with Gasteiger partial charge in [0, 0.05) is 13.7 Å². The average Bonchev–Trinajstić information content (AvgIpc) is 2.29. The molecule has 102 valence electrons. The fraction of sp³-hybridized carbons (Fsp3) is 0.455. The summed E-state index contributed by atoms with van der Waals surface area (Å²) in [6.07, 6.45) is 1.51. The van der Waals surface area contributed by atoms with Crippen molar-refractivity contribution in [2.75, 3.05) is 24.1 Å². The largest absolute Gasteiger partial charge is 0.320 e. The Kier molecular flexibility index (Phi) is 6.89. The third-order valence-electron chi connectivity index (χ3n) is 2.28. The summed E-state index contributed by atoms with van der Waals surface area (Å²) in [6.45, 7) is 0.839. The molecule has 0 heterocycles. The lowest BCUT2D eigenvalue weighted by Crippen LogP contribution is -2.18. The Morgan fingerprint density at radius 3 is 2.67 bits per heavy atom. The first-order chi connectivity index (χ1) is 8.44. The normalized spacial score (nSPS) is 11.5. The van der Waals surface area contributed by atoms with Crippen LogP contribution in [0.25, 0.3) is 0 Å². The molecule has 0 bridgehead atoms. The van der Waals surface area contributed by atoms with Crippen LogP contribution < -0.4 is 10.0 Å². The summed E-state index contributed by atoms with van der Waals surface area (Å²) in [5.74, 6) is 0.154. The van der Waals surface area contributed by atoms with Crippen molar-refractivity contribution >= 4 is 54.2 Å². The molecule has 0 radical (unpaired) electrons. The van der Waals surface area contributed by atoms with Gasteiger partial charge in [0.1, 0.15) is 0 Å². The van der Waals surface area contributed by atoms with Crippen molar-refractivity contribution in [3.05, 3.63) is 26.2 Å². The van der Waals surface area contributed by atoms with Crippen molar-refractivity contribution in [1.82, 2.24) is 5.32 Å². The predicted molar refractivity (Wildman–Crippen MR) is 87.4 cm³/mol. The summed E-state index contributed by atoms with van der Waals surface area (Å²) in [4.78, 5) is 0. The van der Waals surface area contributed by atoms with E-state index in [0.717, 1.165) is 21.0 Å². The van der Waals surface area contributed by atoms with E-state index in [2.05, 4.69) is 48.6 Å². The molecule has 0 aliphatic rings. The Labute approximate surface area is 130 Å². The summed E-state index contributed by atoms with van der Waals surface area (Å²) < 4.78 is 28.2. The first-order valence-corrected chi connectivity index (χ1v) is 9.07. The monoisotopic (exact) mass is 446 g/mol. The van der Waals surface area contributed by atoms with Crippen molar-refractivity contribution in [2.45, 2.75) is 12.8 Å². The summed E-state index contributed by atoms with van der Waals surface area (Å²) in [5.41, 5.74) is 0.608. The lowest BCUT2D eigenvalue weighted by atomic mass is 10.3. The number of rotatable bonds is 7. The maximum absolute atomic E-state index is 11.8. The Morgan fingerprint density at radius 1 is 1.33 bits per heavy atom. The molecule has 18 heavy (non-hydrogen) atoms. The number of nitrogens with one attached hydrogen (secondary N) is 2.